The molecule has 0 radical (unpaired) electrons. The van der Waals surface area contributed by atoms with Crippen LogP contribution in [0.15, 0.2) is 4.99 Å². The van der Waals surface area contributed by atoms with E-state index in [1.54, 1.807) is 0 Å². The number of rotatable bonds is 4. The van der Waals surface area contributed by atoms with Gasteiger partial charge in [0.2, 0.25) is 0 Å². The summed E-state index contributed by atoms with van der Waals surface area (Å²) < 4.78 is 0. The monoisotopic (exact) mass is 239 g/mol. The Balaban J connectivity index is 1.88. The van der Waals surface area contributed by atoms with Gasteiger partial charge in [0.1, 0.15) is 0 Å². The summed E-state index contributed by atoms with van der Waals surface area (Å²) in [7, 11) is 0. The lowest BCUT2D eigenvalue weighted by molar-refractivity contribution is 0.276. The molecule has 1 saturated carbocycles. The largest absolute Gasteiger partial charge is 0.278 e. The highest BCUT2D eigenvalue weighted by atomic mass is 32.2. The second-order valence-corrected chi connectivity index (χ2v) is 6.99. The Morgan fingerprint density at radius 1 is 1.25 bits per heavy atom. The summed E-state index contributed by atoms with van der Waals surface area (Å²) in [6.45, 7) is 7.07. The summed E-state index contributed by atoms with van der Waals surface area (Å²) in [6, 6.07) is 0.651. The molecule has 0 aromatic rings. The molecule has 2 aliphatic rings. The van der Waals surface area contributed by atoms with Gasteiger partial charge in [0.15, 0.2) is 0 Å². The number of hydrogen-bond acceptors (Lipinski definition) is 2. The van der Waals surface area contributed by atoms with Gasteiger partial charge in [-0.15, -0.1) is 11.8 Å². The number of thioether (sulfide) groups is 1. The summed E-state index contributed by atoms with van der Waals surface area (Å²) in [5.74, 6) is 1.72. The molecular weight excluding hydrogens is 214 g/mol. The van der Waals surface area contributed by atoms with Crippen molar-refractivity contribution in [2.45, 2.75) is 70.6 Å². The summed E-state index contributed by atoms with van der Waals surface area (Å²) >= 11 is 2.10. The standard InChI is InChI=1S/C14H25NS/c1-4-5-6-7-13-15-14-11(3)8-10(2)9-12(14)16-13/h10-12,14H,4-9H2,1-3H3. The second-order valence-electron chi connectivity index (χ2n) is 5.68. The van der Waals surface area contributed by atoms with Crippen LogP contribution < -0.4 is 0 Å². The molecule has 4 unspecified atom stereocenters. The van der Waals surface area contributed by atoms with Crippen LogP contribution in [-0.4, -0.2) is 16.3 Å². The molecule has 16 heavy (non-hydrogen) atoms. The van der Waals surface area contributed by atoms with Crippen molar-refractivity contribution in [3.05, 3.63) is 0 Å². The maximum absolute atomic E-state index is 4.98. The lowest BCUT2D eigenvalue weighted by Gasteiger charge is -2.33. The van der Waals surface area contributed by atoms with Crippen LogP contribution in [0.25, 0.3) is 0 Å². The molecule has 0 N–H and O–H groups in total. The Morgan fingerprint density at radius 2 is 2.06 bits per heavy atom. The molecule has 1 fully saturated rings. The van der Waals surface area contributed by atoms with Crippen LogP contribution in [0, 0.1) is 11.8 Å². The summed E-state index contributed by atoms with van der Waals surface area (Å²) in [4.78, 5) is 4.98. The maximum Gasteiger partial charge on any atom is 0.0683 e. The van der Waals surface area contributed by atoms with Crippen LogP contribution in [0.5, 0.6) is 0 Å². The Kier molecular flexibility index (Phi) is 4.34. The van der Waals surface area contributed by atoms with Gasteiger partial charge in [-0.3, -0.25) is 4.99 Å². The van der Waals surface area contributed by atoms with Gasteiger partial charge < -0.3 is 0 Å². The zero-order valence-electron chi connectivity index (χ0n) is 10.9. The van der Waals surface area contributed by atoms with E-state index in [1.807, 2.05) is 0 Å². The van der Waals surface area contributed by atoms with Crippen molar-refractivity contribution in [3.63, 3.8) is 0 Å². The van der Waals surface area contributed by atoms with E-state index in [1.165, 1.54) is 43.6 Å². The van der Waals surface area contributed by atoms with Gasteiger partial charge in [-0.25, -0.2) is 0 Å². The molecule has 0 aromatic heterocycles. The molecule has 4 atom stereocenters. The van der Waals surface area contributed by atoms with E-state index in [0.717, 1.165) is 17.1 Å². The van der Waals surface area contributed by atoms with Crippen molar-refractivity contribution in [1.29, 1.82) is 0 Å². The van der Waals surface area contributed by atoms with Gasteiger partial charge in [0.05, 0.1) is 11.1 Å². The first-order chi connectivity index (χ1) is 7.70. The number of fused-ring (bicyclic) bond motifs is 1. The fourth-order valence-corrected chi connectivity index (χ4v) is 4.81. The average Bonchev–Trinajstić information content (AvgIpc) is 2.61. The Bertz CT molecular complexity index is 261. The first-order valence-corrected chi connectivity index (χ1v) is 7.82. The molecule has 0 bridgehead atoms. The molecular formula is C14H25NS. The summed E-state index contributed by atoms with van der Waals surface area (Å²) in [5, 5.41) is 2.28. The Morgan fingerprint density at radius 3 is 2.81 bits per heavy atom. The third-order valence-corrected chi connectivity index (χ3v) is 5.30. The van der Waals surface area contributed by atoms with Crippen LogP contribution in [-0.2, 0) is 0 Å². The van der Waals surface area contributed by atoms with Crippen molar-refractivity contribution >= 4 is 16.8 Å². The molecule has 1 aliphatic heterocycles. The fourth-order valence-electron chi connectivity index (χ4n) is 3.12. The van der Waals surface area contributed by atoms with Crippen LogP contribution >= 0.6 is 11.8 Å². The molecule has 1 nitrogen and oxygen atoms in total. The zero-order chi connectivity index (χ0) is 11.5. The molecule has 0 aromatic carbocycles. The van der Waals surface area contributed by atoms with Crippen LogP contribution in [0.3, 0.4) is 0 Å². The summed E-state index contributed by atoms with van der Waals surface area (Å²) in [6.07, 6.45) is 8.03. The number of aliphatic imine (C=N–C) groups is 1. The predicted molar refractivity (Wildman–Crippen MR) is 74.3 cm³/mol. The minimum absolute atomic E-state index is 0.651. The predicted octanol–water partition coefficient (Wildman–Crippen LogP) is 4.52. The van der Waals surface area contributed by atoms with Crippen molar-refractivity contribution in [3.8, 4) is 0 Å². The van der Waals surface area contributed by atoms with Crippen LogP contribution in [0.1, 0.15) is 59.3 Å². The quantitative estimate of drug-likeness (QED) is 0.657. The molecule has 2 rings (SSSR count). The molecule has 2 heteroatoms. The van der Waals surface area contributed by atoms with E-state index < -0.39 is 0 Å². The molecule has 0 saturated heterocycles. The van der Waals surface area contributed by atoms with Crippen LogP contribution in [0.4, 0.5) is 0 Å². The molecule has 1 aliphatic carbocycles. The van der Waals surface area contributed by atoms with Gasteiger partial charge in [-0.1, -0.05) is 33.6 Å². The molecule has 92 valence electrons. The van der Waals surface area contributed by atoms with E-state index in [-0.39, 0.29) is 0 Å². The third kappa shape index (κ3) is 2.82. The normalized spacial score (nSPS) is 38.3. The number of nitrogens with zero attached hydrogens (tertiary/aromatic N) is 1. The lowest BCUT2D eigenvalue weighted by atomic mass is 9.80. The first-order valence-electron chi connectivity index (χ1n) is 6.94. The molecule has 0 spiro atoms. The SMILES string of the molecule is CCCCCC1=NC2C(C)CC(C)CC2S1. The van der Waals surface area contributed by atoms with Crippen molar-refractivity contribution < 1.29 is 0 Å². The minimum Gasteiger partial charge on any atom is -0.278 e. The highest BCUT2D eigenvalue weighted by molar-refractivity contribution is 8.14. The van der Waals surface area contributed by atoms with Crippen molar-refractivity contribution in [1.82, 2.24) is 0 Å². The van der Waals surface area contributed by atoms with E-state index in [2.05, 4.69) is 32.5 Å². The topological polar surface area (TPSA) is 12.4 Å². The Hall–Kier alpha value is 0.0200. The van der Waals surface area contributed by atoms with E-state index in [9.17, 15) is 0 Å². The molecule has 0 amide bonds. The van der Waals surface area contributed by atoms with E-state index in [0.29, 0.717) is 6.04 Å². The van der Waals surface area contributed by atoms with Gasteiger partial charge in [-0.2, -0.15) is 0 Å². The van der Waals surface area contributed by atoms with Crippen molar-refractivity contribution in [2.75, 3.05) is 0 Å². The van der Waals surface area contributed by atoms with Gasteiger partial charge >= 0.3 is 0 Å². The van der Waals surface area contributed by atoms with Crippen molar-refractivity contribution in [2.24, 2.45) is 16.8 Å². The average molecular weight is 239 g/mol. The maximum atomic E-state index is 4.98. The number of unbranched alkanes of at least 4 members (excludes halogenated alkanes) is 2. The fraction of sp³-hybridized carbons (Fsp3) is 0.929. The Labute approximate surface area is 104 Å². The lowest BCUT2D eigenvalue weighted by Crippen LogP contribution is -2.33. The van der Waals surface area contributed by atoms with E-state index in [4.69, 9.17) is 4.99 Å². The first kappa shape index (κ1) is 12.5. The summed E-state index contributed by atoms with van der Waals surface area (Å²) in [5.41, 5.74) is 0. The number of hydrogen-bond donors (Lipinski definition) is 0. The van der Waals surface area contributed by atoms with Crippen LogP contribution in [0.2, 0.25) is 0 Å². The smallest absolute Gasteiger partial charge is 0.0683 e. The molecule has 1 heterocycles. The van der Waals surface area contributed by atoms with Gasteiger partial charge in [0, 0.05) is 5.25 Å². The highest BCUT2D eigenvalue weighted by Crippen LogP contribution is 2.43. The highest BCUT2D eigenvalue weighted by Gasteiger charge is 2.38. The zero-order valence-corrected chi connectivity index (χ0v) is 11.7. The van der Waals surface area contributed by atoms with Gasteiger partial charge in [0.25, 0.3) is 0 Å². The third-order valence-electron chi connectivity index (χ3n) is 3.95. The van der Waals surface area contributed by atoms with E-state index >= 15 is 0 Å². The minimum atomic E-state index is 0.651. The second kappa shape index (κ2) is 5.57. The van der Waals surface area contributed by atoms with Gasteiger partial charge in [-0.05, 0) is 37.5 Å².